The van der Waals surface area contributed by atoms with E-state index in [1.54, 1.807) is 0 Å². The summed E-state index contributed by atoms with van der Waals surface area (Å²) >= 11 is 0. The minimum atomic E-state index is -4.63. The second-order valence-corrected chi connectivity index (χ2v) is 3.78. The van der Waals surface area contributed by atoms with Crippen molar-refractivity contribution >= 4 is 5.91 Å². The topological polar surface area (TPSA) is 49.3 Å². The van der Waals surface area contributed by atoms with E-state index in [2.05, 4.69) is 5.32 Å². The highest BCUT2D eigenvalue weighted by Gasteiger charge is 2.40. The molecule has 0 radical (unpaired) electrons. The van der Waals surface area contributed by atoms with E-state index in [1.807, 2.05) is 0 Å². The molecule has 3 nitrogen and oxygen atoms in total. The molecule has 6 heteroatoms. The fourth-order valence-electron chi connectivity index (χ4n) is 1.63. The molecule has 0 aromatic carbocycles. The van der Waals surface area contributed by atoms with Crippen molar-refractivity contribution in [2.45, 2.75) is 38.0 Å². The molecule has 0 bridgehead atoms. The lowest BCUT2D eigenvalue weighted by Crippen LogP contribution is -2.36. The number of amides is 1. The second kappa shape index (κ2) is 4.83. The highest BCUT2D eigenvalue weighted by atomic mass is 19.4. The summed E-state index contributed by atoms with van der Waals surface area (Å²) < 4.78 is 36.2. The summed E-state index contributed by atoms with van der Waals surface area (Å²) in [4.78, 5) is 11.3. The van der Waals surface area contributed by atoms with E-state index in [0.717, 1.165) is 6.42 Å². The normalized spacial score (nSPS) is 25.6. The standard InChI is InChI=1S/C9H14F3NO2/c10-9(11,12)7(14)5-6-3-1-2-4-13-8(6)15/h6-7,14H,1-5H2,(H,13,15). The minimum absolute atomic E-state index is 0.379. The third kappa shape index (κ3) is 3.70. The van der Waals surface area contributed by atoms with Crippen LogP contribution in [0, 0.1) is 5.92 Å². The number of hydrogen-bond donors (Lipinski definition) is 2. The third-order valence-electron chi connectivity index (χ3n) is 2.54. The van der Waals surface area contributed by atoms with Crippen molar-refractivity contribution in [3.63, 3.8) is 0 Å². The van der Waals surface area contributed by atoms with Gasteiger partial charge >= 0.3 is 6.18 Å². The Morgan fingerprint density at radius 1 is 1.47 bits per heavy atom. The number of aliphatic hydroxyl groups excluding tert-OH is 1. The van der Waals surface area contributed by atoms with E-state index >= 15 is 0 Å². The van der Waals surface area contributed by atoms with Crippen molar-refractivity contribution in [2.75, 3.05) is 6.54 Å². The van der Waals surface area contributed by atoms with Gasteiger partial charge in [0.2, 0.25) is 5.91 Å². The zero-order chi connectivity index (χ0) is 11.5. The molecule has 0 aromatic heterocycles. The number of carbonyl (C=O) groups excluding carboxylic acids is 1. The van der Waals surface area contributed by atoms with Gasteiger partial charge in [-0.1, -0.05) is 6.42 Å². The second-order valence-electron chi connectivity index (χ2n) is 3.78. The number of aliphatic hydroxyl groups is 1. The summed E-state index contributed by atoms with van der Waals surface area (Å²) in [6.07, 6.45) is -5.65. The molecule has 1 amide bonds. The number of carbonyl (C=O) groups is 1. The van der Waals surface area contributed by atoms with Crippen molar-refractivity contribution in [1.29, 1.82) is 0 Å². The Kier molecular flexibility index (Phi) is 3.96. The summed E-state index contributed by atoms with van der Waals surface area (Å²) in [5.74, 6) is -1.10. The highest BCUT2D eigenvalue weighted by Crippen LogP contribution is 2.27. The summed E-state index contributed by atoms with van der Waals surface area (Å²) in [5.41, 5.74) is 0. The first-order valence-electron chi connectivity index (χ1n) is 4.93. The average Bonchev–Trinajstić information content (AvgIpc) is 2.30. The van der Waals surface area contributed by atoms with E-state index in [0.29, 0.717) is 19.4 Å². The van der Waals surface area contributed by atoms with Gasteiger partial charge in [0.15, 0.2) is 6.10 Å². The van der Waals surface area contributed by atoms with Crippen LogP contribution < -0.4 is 5.32 Å². The van der Waals surface area contributed by atoms with E-state index in [9.17, 15) is 18.0 Å². The van der Waals surface area contributed by atoms with Crippen LogP contribution in [0.2, 0.25) is 0 Å². The molecule has 2 atom stereocenters. The predicted octanol–water partition coefficient (Wildman–Crippen LogP) is 1.22. The molecular weight excluding hydrogens is 211 g/mol. The predicted molar refractivity (Wildman–Crippen MR) is 47.0 cm³/mol. The summed E-state index contributed by atoms with van der Waals surface area (Å²) in [7, 11) is 0. The first-order valence-corrected chi connectivity index (χ1v) is 4.93. The molecule has 88 valence electrons. The van der Waals surface area contributed by atoms with Crippen LogP contribution in [0.15, 0.2) is 0 Å². The molecule has 2 N–H and O–H groups in total. The maximum absolute atomic E-state index is 12.1. The first-order chi connectivity index (χ1) is 6.91. The first kappa shape index (κ1) is 12.3. The smallest absolute Gasteiger partial charge is 0.384 e. The van der Waals surface area contributed by atoms with Crippen LogP contribution in [0.5, 0.6) is 0 Å². The van der Waals surface area contributed by atoms with Gasteiger partial charge in [-0.3, -0.25) is 4.79 Å². The van der Waals surface area contributed by atoms with Crippen molar-refractivity contribution in [3.8, 4) is 0 Å². The SMILES string of the molecule is O=C1NCCCCC1CC(O)C(F)(F)F. The molecule has 0 spiro atoms. The largest absolute Gasteiger partial charge is 0.414 e. The zero-order valence-corrected chi connectivity index (χ0v) is 8.18. The minimum Gasteiger partial charge on any atom is -0.384 e. The molecule has 1 aliphatic rings. The lowest BCUT2D eigenvalue weighted by Gasteiger charge is -2.19. The molecule has 1 aliphatic heterocycles. The van der Waals surface area contributed by atoms with Crippen LogP contribution in [0.3, 0.4) is 0 Å². The molecular formula is C9H14F3NO2. The quantitative estimate of drug-likeness (QED) is 0.742. The van der Waals surface area contributed by atoms with Gasteiger partial charge in [0.1, 0.15) is 0 Å². The molecule has 0 aromatic rings. The van der Waals surface area contributed by atoms with E-state index in [4.69, 9.17) is 5.11 Å². The Morgan fingerprint density at radius 2 is 2.13 bits per heavy atom. The fraction of sp³-hybridized carbons (Fsp3) is 0.889. The number of rotatable bonds is 2. The van der Waals surface area contributed by atoms with Gasteiger partial charge in [-0.05, 0) is 19.3 Å². The van der Waals surface area contributed by atoms with Gasteiger partial charge in [0.25, 0.3) is 0 Å². The summed E-state index contributed by atoms with van der Waals surface area (Å²) in [6.45, 7) is 0.511. The Labute approximate surface area is 85.7 Å². The van der Waals surface area contributed by atoms with Crippen molar-refractivity contribution in [3.05, 3.63) is 0 Å². The van der Waals surface area contributed by atoms with Crippen LogP contribution >= 0.6 is 0 Å². The van der Waals surface area contributed by atoms with E-state index in [1.165, 1.54) is 0 Å². The van der Waals surface area contributed by atoms with Gasteiger partial charge in [-0.15, -0.1) is 0 Å². The maximum atomic E-state index is 12.1. The molecule has 2 unspecified atom stereocenters. The van der Waals surface area contributed by atoms with Gasteiger partial charge in [0.05, 0.1) is 0 Å². The Balaban J connectivity index is 2.51. The van der Waals surface area contributed by atoms with E-state index in [-0.39, 0.29) is 5.91 Å². The van der Waals surface area contributed by atoms with Crippen molar-refractivity contribution in [1.82, 2.24) is 5.32 Å². The lowest BCUT2D eigenvalue weighted by atomic mass is 9.95. The van der Waals surface area contributed by atoms with Crippen LogP contribution in [-0.2, 0) is 4.79 Å². The molecule has 1 fully saturated rings. The van der Waals surface area contributed by atoms with Gasteiger partial charge in [-0.2, -0.15) is 13.2 Å². The molecule has 1 saturated heterocycles. The summed E-state index contributed by atoms with van der Waals surface area (Å²) in [6, 6.07) is 0. The molecule has 15 heavy (non-hydrogen) atoms. The number of hydrogen-bond acceptors (Lipinski definition) is 2. The van der Waals surface area contributed by atoms with Gasteiger partial charge < -0.3 is 10.4 Å². The molecule has 1 rings (SSSR count). The average molecular weight is 225 g/mol. The van der Waals surface area contributed by atoms with Crippen LogP contribution in [0.25, 0.3) is 0 Å². The van der Waals surface area contributed by atoms with Crippen molar-refractivity contribution < 1.29 is 23.1 Å². The molecule has 0 aliphatic carbocycles. The molecule has 1 heterocycles. The highest BCUT2D eigenvalue weighted by molar-refractivity contribution is 5.78. The van der Waals surface area contributed by atoms with Gasteiger partial charge in [0, 0.05) is 12.5 Å². The van der Waals surface area contributed by atoms with Crippen LogP contribution in [-0.4, -0.2) is 29.8 Å². The van der Waals surface area contributed by atoms with Gasteiger partial charge in [-0.25, -0.2) is 0 Å². The number of alkyl halides is 3. The maximum Gasteiger partial charge on any atom is 0.414 e. The Bertz CT molecular complexity index is 230. The monoisotopic (exact) mass is 225 g/mol. The lowest BCUT2D eigenvalue weighted by molar-refractivity contribution is -0.208. The Morgan fingerprint density at radius 3 is 2.73 bits per heavy atom. The third-order valence-corrected chi connectivity index (χ3v) is 2.54. The van der Waals surface area contributed by atoms with E-state index < -0.39 is 24.6 Å². The zero-order valence-electron chi connectivity index (χ0n) is 8.18. The molecule has 0 saturated carbocycles. The Hall–Kier alpha value is -0.780. The number of halogens is 3. The number of nitrogens with one attached hydrogen (secondary N) is 1. The fourth-order valence-corrected chi connectivity index (χ4v) is 1.63. The summed E-state index contributed by atoms with van der Waals surface area (Å²) in [5, 5.41) is 11.4. The van der Waals surface area contributed by atoms with Crippen LogP contribution in [0.1, 0.15) is 25.7 Å². The van der Waals surface area contributed by atoms with Crippen LogP contribution in [0.4, 0.5) is 13.2 Å². The van der Waals surface area contributed by atoms with Crippen molar-refractivity contribution in [2.24, 2.45) is 5.92 Å².